The first kappa shape index (κ1) is 15.1. The molecule has 2 aromatic heterocycles. The van der Waals surface area contributed by atoms with Crippen molar-refractivity contribution in [3.05, 3.63) is 30.7 Å². The summed E-state index contributed by atoms with van der Waals surface area (Å²) in [5.41, 5.74) is 1.17. The Hall–Kier alpha value is -2.81. The number of amides is 1. The molecule has 8 nitrogen and oxygen atoms in total. The molecule has 118 valence electrons. The van der Waals surface area contributed by atoms with Crippen molar-refractivity contribution in [3.63, 3.8) is 0 Å². The van der Waals surface area contributed by atoms with Crippen LogP contribution in [0.2, 0.25) is 0 Å². The highest BCUT2D eigenvalue weighted by molar-refractivity contribution is 8.00. The summed E-state index contributed by atoms with van der Waals surface area (Å²) in [6.45, 7) is 0. The van der Waals surface area contributed by atoms with Crippen molar-refractivity contribution in [1.29, 1.82) is 0 Å². The van der Waals surface area contributed by atoms with Crippen LogP contribution in [0.15, 0.2) is 35.7 Å². The van der Waals surface area contributed by atoms with E-state index in [1.807, 2.05) is 0 Å². The molecule has 1 amide bonds. The fraction of sp³-hybridized carbons (Fsp3) is 0.143. The number of aromatic hydroxyl groups is 1. The van der Waals surface area contributed by atoms with Crippen molar-refractivity contribution in [3.8, 4) is 11.5 Å². The number of nitrogens with one attached hydrogen (secondary N) is 2. The molecule has 0 aliphatic heterocycles. The number of fused-ring (bicyclic) bond motifs is 1. The Kier molecular flexibility index (Phi) is 4.29. The summed E-state index contributed by atoms with van der Waals surface area (Å²) in [6.07, 6.45) is 3.05. The van der Waals surface area contributed by atoms with Gasteiger partial charge in [0.1, 0.15) is 11.4 Å². The van der Waals surface area contributed by atoms with E-state index < -0.39 is 0 Å². The van der Waals surface area contributed by atoms with Crippen LogP contribution in [0.3, 0.4) is 0 Å². The van der Waals surface area contributed by atoms with E-state index in [0.717, 1.165) is 5.39 Å². The molecule has 3 rings (SSSR count). The molecule has 1 aromatic carbocycles. The molecule has 3 aromatic rings. The lowest BCUT2D eigenvalue weighted by Crippen LogP contribution is -2.14. The van der Waals surface area contributed by atoms with Gasteiger partial charge in [0.25, 0.3) is 0 Å². The Balaban J connectivity index is 1.65. The van der Waals surface area contributed by atoms with Crippen molar-refractivity contribution in [2.45, 2.75) is 5.03 Å². The summed E-state index contributed by atoms with van der Waals surface area (Å²) < 4.78 is 5.00. The molecule has 0 spiro atoms. The second-order valence-electron chi connectivity index (χ2n) is 4.53. The zero-order valence-electron chi connectivity index (χ0n) is 12.1. The highest BCUT2D eigenvalue weighted by atomic mass is 32.2. The number of hydrogen-bond acceptors (Lipinski definition) is 7. The van der Waals surface area contributed by atoms with Gasteiger partial charge in [-0.25, -0.2) is 9.97 Å². The predicted octanol–water partition coefficient (Wildman–Crippen LogP) is 1.80. The van der Waals surface area contributed by atoms with E-state index in [0.29, 0.717) is 22.1 Å². The average Bonchev–Trinajstić information content (AvgIpc) is 3.04. The smallest absolute Gasteiger partial charge is 0.234 e. The Morgan fingerprint density at radius 2 is 2.30 bits per heavy atom. The minimum absolute atomic E-state index is 0.0169. The quantitative estimate of drug-likeness (QED) is 0.371. The van der Waals surface area contributed by atoms with Gasteiger partial charge in [-0.05, 0) is 12.1 Å². The number of H-pyrrole nitrogens is 1. The van der Waals surface area contributed by atoms with Gasteiger partial charge in [-0.2, -0.15) is 5.10 Å². The van der Waals surface area contributed by atoms with Gasteiger partial charge in [0.05, 0.1) is 24.4 Å². The second-order valence-corrected chi connectivity index (χ2v) is 5.50. The summed E-state index contributed by atoms with van der Waals surface area (Å²) in [6, 6.07) is 4.61. The Morgan fingerprint density at radius 3 is 3.13 bits per heavy atom. The minimum atomic E-state index is -0.196. The van der Waals surface area contributed by atoms with Gasteiger partial charge < -0.3 is 15.2 Å². The van der Waals surface area contributed by atoms with Crippen LogP contribution in [0.1, 0.15) is 0 Å². The number of nitrogens with zero attached hydrogens (tertiary/aromatic N) is 3. The number of phenolic OH excluding ortho intramolecular Hbond substituents is 1. The number of methoxy groups -OCH3 is 1. The maximum absolute atomic E-state index is 12.0. The Morgan fingerprint density at radius 1 is 1.43 bits per heavy atom. The summed E-state index contributed by atoms with van der Waals surface area (Å²) in [5.74, 6) is 0.299. The lowest BCUT2D eigenvalue weighted by Gasteiger charge is -2.08. The fourth-order valence-electron chi connectivity index (χ4n) is 1.94. The molecule has 0 radical (unpaired) electrons. The number of rotatable bonds is 5. The van der Waals surface area contributed by atoms with E-state index in [2.05, 4.69) is 25.5 Å². The standard InChI is InChI=1S/C14H13N5O3S/c1-22-11-4-8(2-3-10(11)20)18-12(21)6-23-14-9-5-17-19-13(9)15-7-16-14/h2-5,7,20H,6H2,1H3,(H,18,21)(H,15,16,17,19). The molecule has 2 heterocycles. The molecule has 0 atom stereocenters. The number of thioether (sulfide) groups is 1. The number of ether oxygens (including phenoxy) is 1. The van der Waals surface area contributed by atoms with Crippen LogP contribution in [-0.2, 0) is 4.79 Å². The molecule has 3 N–H and O–H groups in total. The Labute approximate surface area is 135 Å². The summed E-state index contributed by atoms with van der Waals surface area (Å²) >= 11 is 1.29. The fourth-order valence-corrected chi connectivity index (χ4v) is 2.71. The largest absolute Gasteiger partial charge is 0.504 e. The number of phenols is 1. The minimum Gasteiger partial charge on any atom is -0.504 e. The van der Waals surface area contributed by atoms with Crippen LogP contribution < -0.4 is 10.1 Å². The molecule has 0 aliphatic rings. The zero-order valence-corrected chi connectivity index (χ0v) is 12.9. The number of anilines is 1. The van der Waals surface area contributed by atoms with Crippen LogP contribution >= 0.6 is 11.8 Å². The molecule has 0 saturated heterocycles. The maximum Gasteiger partial charge on any atom is 0.234 e. The van der Waals surface area contributed by atoms with Gasteiger partial charge in [-0.3, -0.25) is 9.89 Å². The number of hydrogen-bond donors (Lipinski definition) is 3. The second kappa shape index (κ2) is 6.53. The van der Waals surface area contributed by atoms with Gasteiger partial charge in [0.2, 0.25) is 5.91 Å². The van der Waals surface area contributed by atoms with Gasteiger partial charge in [-0.15, -0.1) is 0 Å². The maximum atomic E-state index is 12.0. The van der Waals surface area contributed by atoms with E-state index in [1.165, 1.54) is 31.3 Å². The normalized spacial score (nSPS) is 10.7. The number of aromatic amines is 1. The summed E-state index contributed by atoms with van der Waals surface area (Å²) in [5, 5.41) is 20.4. The van der Waals surface area contributed by atoms with Gasteiger partial charge in [-0.1, -0.05) is 11.8 Å². The monoisotopic (exact) mass is 331 g/mol. The number of carbonyl (C=O) groups is 1. The van der Waals surface area contributed by atoms with Crippen molar-refractivity contribution < 1.29 is 14.6 Å². The first-order chi connectivity index (χ1) is 11.2. The molecular formula is C14H13N5O3S. The van der Waals surface area contributed by atoms with Crippen molar-refractivity contribution in [2.24, 2.45) is 0 Å². The predicted molar refractivity (Wildman–Crippen MR) is 85.7 cm³/mol. The molecule has 0 bridgehead atoms. The first-order valence-corrected chi connectivity index (χ1v) is 7.59. The third kappa shape index (κ3) is 3.34. The SMILES string of the molecule is COc1cc(NC(=O)CSc2ncnc3[nH]ncc23)ccc1O. The van der Waals surface area contributed by atoms with Gasteiger partial charge in [0, 0.05) is 11.8 Å². The number of benzene rings is 1. The topological polar surface area (TPSA) is 113 Å². The highest BCUT2D eigenvalue weighted by Crippen LogP contribution is 2.29. The Bertz CT molecular complexity index is 851. The lowest BCUT2D eigenvalue weighted by molar-refractivity contribution is -0.113. The van der Waals surface area contributed by atoms with Crippen LogP contribution in [0.4, 0.5) is 5.69 Å². The van der Waals surface area contributed by atoms with E-state index in [9.17, 15) is 9.90 Å². The molecule has 0 saturated carbocycles. The van der Waals surface area contributed by atoms with E-state index in [4.69, 9.17) is 4.74 Å². The van der Waals surface area contributed by atoms with Crippen molar-refractivity contribution in [2.75, 3.05) is 18.2 Å². The third-order valence-electron chi connectivity index (χ3n) is 3.01. The molecule has 0 aliphatic carbocycles. The summed E-state index contributed by atoms with van der Waals surface area (Å²) in [4.78, 5) is 20.2. The number of carbonyl (C=O) groups excluding carboxylic acids is 1. The van der Waals surface area contributed by atoms with Gasteiger partial charge in [0.15, 0.2) is 17.1 Å². The van der Waals surface area contributed by atoms with Crippen LogP contribution in [0, 0.1) is 0 Å². The third-order valence-corrected chi connectivity index (χ3v) is 4.02. The first-order valence-electron chi connectivity index (χ1n) is 6.61. The van der Waals surface area contributed by atoms with Crippen LogP contribution in [-0.4, -0.2) is 44.0 Å². The van der Waals surface area contributed by atoms with Gasteiger partial charge >= 0.3 is 0 Å². The molecule has 9 heteroatoms. The van der Waals surface area contributed by atoms with Crippen LogP contribution in [0.25, 0.3) is 11.0 Å². The zero-order chi connectivity index (χ0) is 16.2. The van der Waals surface area contributed by atoms with Crippen molar-refractivity contribution >= 4 is 34.4 Å². The molecule has 23 heavy (non-hydrogen) atoms. The summed E-state index contributed by atoms with van der Waals surface area (Å²) in [7, 11) is 1.45. The molecule has 0 fully saturated rings. The van der Waals surface area contributed by atoms with E-state index in [1.54, 1.807) is 18.3 Å². The van der Waals surface area contributed by atoms with E-state index in [-0.39, 0.29) is 17.4 Å². The number of aromatic nitrogens is 4. The van der Waals surface area contributed by atoms with E-state index >= 15 is 0 Å². The average molecular weight is 331 g/mol. The molecular weight excluding hydrogens is 318 g/mol. The highest BCUT2D eigenvalue weighted by Gasteiger charge is 2.10. The van der Waals surface area contributed by atoms with Crippen LogP contribution in [0.5, 0.6) is 11.5 Å². The van der Waals surface area contributed by atoms with Crippen molar-refractivity contribution in [1.82, 2.24) is 20.2 Å². The lowest BCUT2D eigenvalue weighted by atomic mass is 10.3. The molecule has 0 unspecified atom stereocenters.